The maximum absolute atomic E-state index is 13.8. The van der Waals surface area contributed by atoms with E-state index < -0.39 is 0 Å². The van der Waals surface area contributed by atoms with Crippen LogP contribution in [-0.4, -0.2) is 102 Å². The van der Waals surface area contributed by atoms with E-state index in [4.69, 9.17) is 9.47 Å². The second-order valence-corrected chi connectivity index (χ2v) is 14.6. The fraction of sp³-hybridized carbons (Fsp3) is 0.222. The molecule has 4 heterocycles. The average Bonchev–Trinajstić information content (AvgIpc) is 3.59. The third kappa shape index (κ3) is 6.24. The van der Waals surface area contributed by atoms with Gasteiger partial charge in [-0.25, -0.2) is 0 Å². The van der Waals surface area contributed by atoms with Gasteiger partial charge in [-0.1, -0.05) is 48.5 Å². The Morgan fingerprint density at radius 2 is 1.28 bits per heavy atom. The Morgan fingerprint density at radius 1 is 0.724 bits per heavy atom. The molecule has 290 valence electrons. The van der Waals surface area contributed by atoms with Gasteiger partial charge in [0.25, 0.3) is 29.5 Å². The number of hydrogen-bond donors (Lipinski definition) is 1. The van der Waals surface area contributed by atoms with Crippen LogP contribution in [0.3, 0.4) is 0 Å². The van der Waals surface area contributed by atoms with E-state index in [9.17, 15) is 28.8 Å². The van der Waals surface area contributed by atoms with Crippen LogP contribution in [0, 0.1) is 0 Å². The van der Waals surface area contributed by atoms with Gasteiger partial charge in [-0.15, -0.1) is 0 Å². The van der Waals surface area contributed by atoms with Gasteiger partial charge in [-0.05, 0) is 65.9 Å². The molecule has 0 aliphatic carbocycles. The highest BCUT2D eigenvalue weighted by Gasteiger charge is 2.36. The van der Waals surface area contributed by atoms with Crippen LogP contribution in [0.4, 0.5) is 5.69 Å². The number of hydrogen-bond acceptors (Lipinski definition) is 9. The number of rotatable bonds is 11. The van der Waals surface area contributed by atoms with Crippen molar-refractivity contribution < 1.29 is 38.2 Å². The number of aliphatic imine (C=N–C) groups is 1. The number of benzene rings is 5. The molecule has 0 unspecified atom stereocenters. The molecule has 0 saturated carbocycles. The summed E-state index contributed by atoms with van der Waals surface area (Å²) in [6.45, 7) is 0.960. The fourth-order valence-electron chi connectivity index (χ4n) is 8.32. The molecular weight excluding hydrogens is 739 g/mol. The second-order valence-electron chi connectivity index (χ2n) is 14.6. The SMILES string of the molecule is COc1cc2c(cc1OCCCN1C(=O)c3cccc4cccc(c34)C1=O)N=C[C@@H]1C/C(=C\C(=O)NCCCN3C(=O)c4cccc5cccc(c45)C3=O)CN1C2=O. The summed E-state index contributed by atoms with van der Waals surface area (Å²) in [5.74, 6) is -1.27. The number of carbonyl (C=O) groups is 6. The topological polar surface area (TPSA) is 155 Å². The van der Waals surface area contributed by atoms with Gasteiger partial charge in [0.2, 0.25) is 5.91 Å². The molecule has 4 aliphatic heterocycles. The number of fused-ring (bicyclic) bond motifs is 2. The Labute approximate surface area is 332 Å². The molecule has 1 saturated heterocycles. The monoisotopic (exact) mass is 775 g/mol. The van der Waals surface area contributed by atoms with E-state index in [2.05, 4.69) is 10.3 Å². The van der Waals surface area contributed by atoms with Crippen molar-refractivity contribution in [1.82, 2.24) is 20.0 Å². The first kappa shape index (κ1) is 36.5. The van der Waals surface area contributed by atoms with Crippen LogP contribution in [0.1, 0.15) is 71.1 Å². The Bertz CT molecular complexity index is 2580. The minimum Gasteiger partial charge on any atom is -0.493 e. The summed E-state index contributed by atoms with van der Waals surface area (Å²) in [6, 6.07) is 24.5. The molecule has 0 bridgehead atoms. The first-order valence-corrected chi connectivity index (χ1v) is 19.1. The molecule has 4 aliphatic rings. The highest BCUT2D eigenvalue weighted by Crippen LogP contribution is 2.39. The van der Waals surface area contributed by atoms with Crippen molar-refractivity contribution in [2.45, 2.75) is 25.3 Å². The number of amides is 6. The van der Waals surface area contributed by atoms with Crippen molar-refractivity contribution in [3.63, 3.8) is 0 Å². The largest absolute Gasteiger partial charge is 0.493 e. The highest BCUT2D eigenvalue weighted by atomic mass is 16.5. The molecule has 1 fully saturated rings. The van der Waals surface area contributed by atoms with Gasteiger partial charge >= 0.3 is 0 Å². The van der Waals surface area contributed by atoms with E-state index in [1.807, 2.05) is 36.4 Å². The molecular formula is C45H37N5O8. The minimum absolute atomic E-state index is 0.156. The number of nitrogens with one attached hydrogen (secondary N) is 1. The third-order valence-corrected chi connectivity index (χ3v) is 11.1. The third-order valence-electron chi connectivity index (χ3n) is 11.1. The highest BCUT2D eigenvalue weighted by molar-refractivity contribution is 6.26. The summed E-state index contributed by atoms with van der Waals surface area (Å²) in [5.41, 5.74) is 3.48. The zero-order valence-corrected chi connectivity index (χ0v) is 31.5. The van der Waals surface area contributed by atoms with E-state index >= 15 is 0 Å². The van der Waals surface area contributed by atoms with Crippen molar-refractivity contribution in [2.24, 2.45) is 4.99 Å². The van der Waals surface area contributed by atoms with Gasteiger partial charge in [0, 0.05) is 77.6 Å². The van der Waals surface area contributed by atoms with Crippen molar-refractivity contribution in [2.75, 3.05) is 39.9 Å². The predicted octanol–water partition coefficient (Wildman–Crippen LogP) is 5.73. The molecule has 1 N–H and O–H groups in total. The summed E-state index contributed by atoms with van der Waals surface area (Å²) >= 11 is 0. The number of carbonyl (C=O) groups excluding carboxylic acids is 6. The van der Waals surface area contributed by atoms with Gasteiger partial charge < -0.3 is 19.7 Å². The van der Waals surface area contributed by atoms with E-state index in [-0.39, 0.29) is 74.3 Å². The van der Waals surface area contributed by atoms with Crippen molar-refractivity contribution >= 4 is 68.9 Å². The summed E-state index contributed by atoms with van der Waals surface area (Å²) < 4.78 is 11.7. The Morgan fingerprint density at radius 3 is 1.83 bits per heavy atom. The summed E-state index contributed by atoms with van der Waals surface area (Å²) in [5, 5.41) is 5.88. The Balaban J connectivity index is 0.791. The lowest BCUT2D eigenvalue weighted by atomic mass is 9.94. The maximum Gasteiger partial charge on any atom is 0.261 e. The van der Waals surface area contributed by atoms with Crippen LogP contribution in [0.2, 0.25) is 0 Å². The molecule has 0 spiro atoms. The Hall–Kier alpha value is -7.15. The molecule has 0 aromatic heterocycles. The van der Waals surface area contributed by atoms with Crippen molar-refractivity contribution in [3.8, 4) is 11.5 Å². The van der Waals surface area contributed by atoms with E-state index in [1.165, 1.54) is 23.0 Å². The predicted molar refractivity (Wildman–Crippen MR) is 215 cm³/mol. The lowest BCUT2D eigenvalue weighted by Gasteiger charge is -2.27. The van der Waals surface area contributed by atoms with E-state index in [1.54, 1.807) is 59.6 Å². The number of methoxy groups -OCH3 is 1. The van der Waals surface area contributed by atoms with Gasteiger partial charge in [0.05, 0.1) is 31.0 Å². The first-order valence-electron chi connectivity index (χ1n) is 19.1. The Kier molecular flexibility index (Phi) is 9.27. The van der Waals surface area contributed by atoms with Crippen LogP contribution in [-0.2, 0) is 4.79 Å². The van der Waals surface area contributed by atoms with Crippen LogP contribution >= 0.6 is 0 Å². The van der Waals surface area contributed by atoms with E-state index in [0.717, 1.165) is 16.3 Å². The van der Waals surface area contributed by atoms with Crippen molar-refractivity contribution in [3.05, 3.63) is 124 Å². The lowest BCUT2D eigenvalue weighted by molar-refractivity contribution is -0.116. The van der Waals surface area contributed by atoms with Gasteiger partial charge in [0.1, 0.15) is 0 Å². The molecule has 1 atom stereocenters. The number of imide groups is 2. The number of nitrogens with zero attached hydrogens (tertiary/aromatic N) is 4. The zero-order valence-electron chi connectivity index (χ0n) is 31.5. The second kappa shape index (κ2) is 14.7. The normalized spacial score (nSPS) is 17.6. The fourth-order valence-corrected chi connectivity index (χ4v) is 8.32. The molecule has 5 aromatic carbocycles. The number of ether oxygens (including phenoxy) is 2. The summed E-state index contributed by atoms with van der Waals surface area (Å²) in [7, 11) is 1.47. The van der Waals surface area contributed by atoms with Gasteiger partial charge in [-0.3, -0.25) is 43.6 Å². The first-order chi connectivity index (χ1) is 28.2. The summed E-state index contributed by atoms with van der Waals surface area (Å²) in [4.78, 5) is 88.4. The molecule has 0 radical (unpaired) electrons. The van der Waals surface area contributed by atoms with Gasteiger partial charge in [0.15, 0.2) is 11.5 Å². The lowest BCUT2D eigenvalue weighted by Crippen LogP contribution is -2.41. The molecule has 58 heavy (non-hydrogen) atoms. The van der Waals surface area contributed by atoms with Gasteiger partial charge in [-0.2, -0.15) is 0 Å². The average molecular weight is 776 g/mol. The molecule has 9 rings (SSSR count). The summed E-state index contributed by atoms with van der Waals surface area (Å²) in [6.07, 6.45) is 4.34. The standard InChI is InChI=1S/C45H37N5O8/c1-57-36-22-34-35(23-37(36)58-19-7-18-49-43(54)32-14-4-10-28-11-5-15-33(40(28)32)44(49)55)47-24-29-20-26(25-50(29)45(34)56)21-38(51)46-16-6-17-48-41(52)30-12-2-8-27-9-3-13-31(39(27)30)42(48)53/h2-5,8-15,21-24,29H,6-7,16-20,25H2,1H3,(H,46,51)/b26-21+/t29-/m0/s1. The molecule has 13 heteroatoms. The molecule has 5 aromatic rings. The molecule has 6 amide bonds. The van der Waals surface area contributed by atoms with E-state index in [0.29, 0.717) is 75.0 Å². The van der Waals surface area contributed by atoms with Crippen LogP contribution in [0.15, 0.2) is 102 Å². The van der Waals surface area contributed by atoms with Crippen LogP contribution in [0.25, 0.3) is 21.5 Å². The smallest absolute Gasteiger partial charge is 0.261 e. The van der Waals surface area contributed by atoms with Crippen LogP contribution < -0.4 is 14.8 Å². The van der Waals surface area contributed by atoms with Crippen molar-refractivity contribution in [1.29, 1.82) is 0 Å². The van der Waals surface area contributed by atoms with Crippen LogP contribution in [0.5, 0.6) is 11.5 Å². The molecule has 13 nitrogen and oxygen atoms in total. The maximum atomic E-state index is 13.8. The minimum atomic E-state index is -0.367. The quantitative estimate of drug-likeness (QED) is 0.101. The zero-order chi connectivity index (χ0) is 40.1.